The lowest BCUT2D eigenvalue weighted by atomic mass is 9.69. The van der Waals surface area contributed by atoms with Crippen LogP contribution in [0.3, 0.4) is 0 Å². The molecule has 0 radical (unpaired) electrons. The van der Waals surface area contributed by atoms with Crippen LogP contribution in [-0.4, -0.2) is 65.3 Å². The number of aromatic nitrogens is 1. The molecule has 3 amide bonds. The number of fused-ring (bicyclic) bond motifs is 4. The van der Waals surface area contributed by atoms with Gasteiger partial charge in [0.2, 0.25) is 5.91 Å². The van der Waals surface area contributed by atoms with Crippen molar-refractivity contribution in [3.8, 4) is 5.75 Å². The first-order chi connectivity index (χ1) is 14.7. The molecule has 0 aliphatic carbocycles. The number of amides is 3. The van der Waals surface area contributed by atoms with Crippen molar-refractivity contribution in [2.75, 3.05) is 33.5 Å². The highest BCUT2D eigenvalue weighted by Crippen LogP contribution is 2.46. The third kappa shape index (κ3) is 3.73. The topological polar surface area (TPSA) is 97.9 Å². The van der Waals surface area contributed by atoms with E-state index >= 15 is 0 Å². The molecule has 0 unspecified atom stereocenters. The van der Waals surface area contributed by atoms with Crippen LogP contribution in [0.25, 0.3) is 10.9 Å². The van der Waals surface area contributed by atoms with E-state index < -0.39 is 5.41 Å². The summed E-state index contributed by atoms with van der Waals surface area (Å²) in [6.45, 7) is 7.84. The molecule has 2 aromatic rings. The molecule has 0 saturated carbocycles. The summed E-state index contributed by atoms with van der Waals surface area (Å²) in [5.74, 6) is 0.924. The molecule has 1 fully saturated rings. The predicted octanol–water partition coefficient (Wildman–Crippen LogP) is 2.56. The Morgan fingerprint density at radius 2 is 1.94 bits per heavy atom. The van der Waals surface area contributed by atoms with Crippen molar-refractivity contribution in [3.63, 3.8) is 0 Å². The Morgan fingerprint density at radius 1 is 1.23 bits per heavy atom. The van der Waals surface area contributed by atoms with Crippen molar-refractivity contribution in [2.45, 2.75) is 45.6 Å². The SMILES string of the molecule is COc1ccc2c3c([nH]c2c1)CN(C(=O)C(C)(C)C)CC31CCN(C(=O)NCO)CC1. The van der Waals surface area contributed by atoms with Gasteiger partial charge in [-0.05, 0) is 30.5 Å². The third-order valence-electron chi connectivity index (χ3n) is 6.62. The number of rotatable bonds is 2. The molecular weight excluding hydrogens is 396 g/mol. The number of H-pyrrole nitrogens is 1. The summed E-state index contributed by atoms with van der Waals surface area (Å²) >= 11 is 0. The minimum absolute atomic E-state index is 0.134. The highest BCUT2D eigenvalue weighted by Gasteiger charge is 2.46. The number of likely N-dealkylation sites (tertiary alicyclic amines) is 1. The van der Waals surface area contributed by atoms with Crippen LogP contribution in [0, 0.1) is 5.41 Å². The number of hydrogen-bond donors (Lipinski definition) is 3. The maximum atomic E-state index is 13.2. The van der Waals surface area contributed by atoms with E-state index in [2.05, 4.69) is 16.4 Å². The first-order valence-electron chi connectivity index (χ1n) is 10.8. The van der Waals surface area contributed by atoms with Crippen LogP contribution in [0.15, 0.2) is 18.2 Å². The molecule has 2 aliphatic rings. The van der Waals surface area contributed by atoms with Gasteiger partial charge in [0.25, 0.3) is 0 Å². The van der Waals surface area contributed by atoms with Gasteiger partial charge in [0, 0.05) is 53.1 Å². The van der Waals surface area contributed by atoms with Crippen molar-refractivity contribution >= 4 is 22.8 Å². The molecular formula is C23H32N4O4. The largest absolute Gasteiger partial charge is 0.497 e. The highest BCUT2D eigenvalue weighted by molar-refractivity contribution is 5.89. The smallest absolute Gasteiger partial charge is 0.319 e. The van der Waals surface area contributed by atoms with Crippen molar-refractivity contribution < 1.29 is 19.4 Å². The van der Waals surface area contributed by atoms with Crippen LogP contribution in [0.2, 0.25) is 0 Å². The molecule has 168 valence electrons. The highest BCUT2D eigenvalue weighted by atomic mass is 16.5. The number of aromatic amines is 1. The predicted molar refractivity (Wildman–Crippen MR) is 118 cm³/mol. The van der Waals surface area contributed by atoms with Crippen molar-refractivity contribution in [1.29, 1.82) is 0 Å². The molecule has 1 saturated heterocycles. The molecule has 8 heteroatoms. The Kier molecular flexibility index (Phi) is 5.37. The van der Waals surface area contributed by atoms with Crippen LogP contribution in [0.5, 0.6) is 5.75 Å². The second-order valence-corrected chi connectivity index (χ2v) is 9.71. The van der Waals surface area contributed by atoms with Gasteiger partial charge < -0.3 is 29.9 Å². The normalized spacial score (nSPS) is 18.2. The molecule has 3 heterocycles. The Balaban J connectivity index is 1.75. The fourth-order valence-electron chi connectivity index (χ4n) is 5.12. The molecule has 1 spiro atoms. The number of nitrogens with one attached hydrogen (secondary N) is 2. The van der Waals surface area contributed by atoms with Crippen molar-refractivity contribution in [1.82, 2.24) is 20.1 Å². The van der Waals surface area contributed by atoms with Gasteiger partial charge in [-0.1, -0.05) is 20.8 Å². The molecule has 0 atom stereocenters. The second kappa shape index (κ2) is 7.75. The first-order valence-corrected chi connectivity index (χ1v) is 10.8. The average molecular weight is 429 g/mol. The van der Waals surface area contributed by atoms with Gasteiger partial charge in [0.15, 0.2) is 0 Å². The van der Waals surface area contributed by atoms with Gasteiger partial charge in [-0.25, -0.2) is 4.79 Å². The number of nitrogens with zero attached hydrogens (tertiary/aromatic N) is 2. The monoisotopic (exact) mass is 428 g/mol. The zero-order valence-corrected chi connectivity index (χ0v) is 18.7. The lowest BCUT2D eigenvalue weighted by Crippen LogP contribution is -2.56. The van der Waals surface area contributed by atoms with Crippen LogP contribution in [-0.2, 0) is 16.8 Å². The van der Waals surface area contributed by atoms with Gasteiger partial charge >= 0.3 is 6.03 Å². The van der Waals surface area contributed by atoms with Gasteiger partial charge in [-0.3, -0.25) is 4.79 Å². The summed E-state index contributed by atoms with van der Waals surface area (Å²) in [6, 6.07) is 5.82. The molecule has 1 aromatic carbocycles. The summed E-state index contributed by atoms with van der Waals surface area (Å²) < 4.78 is 5.40. The van der Waals surface area contributed by atoms with Crippen LogP contribution in [0.1, 0.15) is 44.9 Å². The zero-order valence-electron chi connectivity index (χ0n) is 18.7. The number of aliphatic hydroxyl groups is 1. The van der Waals surface area contributed by atoms with Gasteiger partial charge in [0.05, 0.1) is 13.7 Å². The van der Waals surface area contributed by atoms with E-state index in [0.29, 0.717) is 26.2 Å². The number of aliphatic hydroxyl groups excluding tert-OH is 1. The summed E-state index contributed by atoms with van der Waals surface area (Å²) in [5.41, 5.74) is 2.66. The maximum Gasteiger partial charge on any atom is 0.319 e. The third-order valence-corrected chi connectivity index (χ3v) is 6.62. The van der Waals surface area contributed by atoms with Crippen LogP contribution >= 0.6 is 0 Å². The van der Waals surface area contributed by atoms with Gasteiger partial charge in [-0.2, -0.15) is 0 Å². The average Bonchev–Trinajstić information content (AvgIpc) is 3.11. The standard InChI is InChI=1S/C23H32N4O4/c1-22(2,3)20(29)27-12-18-19(16-6-5-15(31-4)11-17(16)25-18)23(13-27)7-9-26(10-8-23)21(30)24-14-28/h5-6,11,25,28H,7-10,12-14H2,1-4H3,(H,24,30). The quantitative estimate of drug-likeness (QED) is 0.641. The minimum atomic E-state index is -0.463. The Bertz CT molecular complexity index is 999. The number of carbonyl (C=O) groups is 2. The number of carbonyl (C=O) groups excluding carboxylic acids is 2. The van der Waals surface area contributed by atoms with Crippen LogP contribution < -0.4 is 10.1 Å². The van der Waals surface area contributed by atoms with E-state index in [4.69, 9.17) is 9.84 Å². The summed E-state index contributed by atoms with van der Waals surface area (Å²) in [7, 11) is 1.66. The molecule has 1 aromatic heterocycles. The summed E-state index contributed by atoms with van der Waals surface area (Å²) in [5, 5.41) is 12.7. The number of hydrogen-bond acceptors (Lipinski definition) is 4. The van der Waals surface area contributed by atoms with Gasteiger partial charge in [0.1, 0.15) is 12.5 Å². The minimum Gasteiger partial charge on any atom is -0.497 e. The van der Waals surface area contributed by atoms with Crippen LogP contribution in [0.4, 0.5) is 4.79 Å². The first kappa shape index (κ1) is 21.5. The lowest BCUT2D eigenvalue weighted by molar-refractivity contribution is -0.142. The number of urea groups is 1. The van der Waals surface area contributed by atoms with E-state index in [9.17, 15) is 9.59 Å². The molecule has 31 heavy (non-hydrogen) atoms. The number of benzene rings is 1. The second-order valence-electron chi connectivity index (χ2n) is 9.71. The van der Waals surface area contributed by atoms with E-state index in [1.807, 2.05) is 37.8 Å². The molecule has 8 nitrogen and oxygen atoms in total. The molecule has 3 N–H and O–H groups in total. The van der Waals surface area contributed by atoms with E-state index in [-0.39, 0.29) is 24.1 Å². The number of ether oxygens (including phenoxy) is 1. The number of methoxy groups -OCH3 is 1. The zero-order chi connectivity index (χ0) is 22.4. The molecule has 4 rings (SSSR count). The summed E-state index contributed by atoms with van der Waals surface area (Å²) in [4.78, 5) is 32.7. The Morgan fingerprint density at radius 3 is 2.55 bits per heavy atom. The maximum absolute atomic E-state index is 13.2. The van der Waals surface area contributed by atoms with E-state index in [1.165, 1.54) is 5.56 Å². The lowest BCUT2D eigenvalue weighted by Gasteiger charge is -2.48. The Labute approximate surface area is 182 Å². The Hall–Kier alpha value is -2.74. The number of piperidine rings is 1. The van der Waals surface area contributed by atoms with Gasteiger partial charge in [-0.15, -0.1) is 0 Å². The molecule has 0 bridgehead atoms. The van der Waals surface area contributed by atoms with Crippen molar-refractivity contribution in [3.05, 3.63) is 29.5 Å². The summed E-state index contributed by atoms with van der Waals surface area (Å²) in [6.07, 6.45) is 1.51. The fourth-order valence-corrected chi connectivity index (χ4v) is 5.12. The molecule has 2 aliphatic heterocycles. The fraction of sp³-hybridized carbons (Fsp3) is 0.565. The van der Waals surface area contributed by atoms with E-state index in [0.717, 1.165) is 35.2 Å². The van der Waals surface area contributed by atoms with E-state index in [1.54, 1.807) is 12.0 Å². The van der Waals surface area contributed by atoms with Crippen molar-refractivity contribution in [2.24, 2.45) is 5.41 Å².